The highest BCUT2D eigenvalue weighted by Crippen LogP contribution is 2.48. The number of hydrogen-bond acceptors (Lipinski definition) is 7. The monoisotopic (exact) mass is 569 g/mol. The Hall–Kier alpha value is -4.66. The molecule has 1 aliphatic carbocycles. The summed E-state index contributed by atoms with van der Waals surface area (Å²) in [5.41, 5.74) is 4.09. The van der Waals surface area contributed by atoms with Crippen LogP contribution in [0, 0.1) is 10.1 Å². The number of para-hydroxylation sites is 2. The van der Waals surface area contributed by atoms with Crippen LogP contribution in [0.1, 0.15) is 68.5 Å². The van der Waals surface area contributed by atoms with Gasteiger partial charge < -0.3 is 14.8 Å². The maximum Gasteiger partial charge on any atom is 0.269 e. The summed E-state index contributed by atoms with van der Waals surface area (Å²) in [4.78, 5) is 41.1. The highest BCUT2D eigenvalue weighted by molar-refractivity contribution is 6.06. The van der Waals surface area contributed by atoms with Crippen LogP contribution in [0.2, 0.25) is 0 Å². The number of benzene rings is 3. The summed E-state index contributed by atoms with van der Waals surface area (Å²) in [5.74, 6) is 0.607. The maximum absolute atomic E-state index is 14.2. The van der Waals surface area contributed by atoms with Crippen molar-refractivity contribution >= 4 is 28.8 Å². The second-order valence-corrected chi connectivity index (χ2v) is 10.7. The fourth-order valence-corrected chi connectivity index (χ4v) is 5.98. The second kappa shape index (κ2) is 12.5. The molecule has 9 nitrogen and oxygen atoms in total. The molecule has 0 saturated carbocycles. The van der Waals surface area contributed by atoms with Gasteiger partial charge in [-0.3, -0.25) is 24.6 Å². The van der Waals surface area contributed by atoms with E-state index in [1.165, 1.54) is 6.07 Å². The smallest absolute Gasteiger partial charge is 0.269 e. The highest BCUT2D eigenvalue weighted by atomic mass is 16.6. The fraction of sp³-hybridized carbons (Fsp3) is 0.333. The highest BCUT2D eigenvalue weighted by Gasteiger charge is 2.41. The number of non-ortho nitro benzene ring substituents is 1. The van der Waals surface area contributed by atoms with Crippen molar-refractivity contribution in [3.63, 3.8) is 0 Å². The standard InChI is InChI=1S/C33H35N3O6/c1-4-5-6-14-31(38)35-27-13-8-7-12-25(27)34-26-18-23(21-10-9-11-24(17-21)36(39)40)19-28(37)32(26)33(35)22-15-16-29(41-2)30(20-22)42-3/h7-13,15-17,20,23,33-34H,4-6,14,18-19H2,1-3H3. The SMILES string of the molecule is CCCCCC(=O)N1c2ccccc2NC2=C(C(=O)CC(c3cccc([N+](=O)[O-])c3)C2)C1c1ccc(OC)c(OC)c1. The van der Waals surface area contributed by atoms with Crippen LogP contribution in [-0.4, -0.2) is 30.8 Å². The molecule has 5 rings (SSSR count). The maximum atomic E-state index is 14.2. The Morgan fingerprint density at radius 2 is 1.76 bits per heavy atom. The van der Waals surface area contributed by atoms with Crippen LogP contribution < -0.4 is 19.7 Å². The summed E-state index contributed by atoms with van der Waals surface area (Å²) >= 11 is 0. The number of Topliss-reactive ketones (excluding diaryl/α,β-unsaturated/α-hetero) is 1. The molecule has 1 N–H and O–H groups in total. The van der Waals surface area contributed by atoms with Gasteiger partial charge in [-0.25, -0.2) is 0 Å². The number of allylic oxidation sites excluding steroid dienone is 1. The van der Waals surface area contributed by atoms with Crippen LogP contribution >= 0.6 is 0 Å². The van der Waals surface area contributed by atoms with Crippen molar-refractivity contribution in [2.45, 2.75) is 57.4 Å². The van der Waals surface area contributed by atoms with Gasteiger partial charge in [0.2, 0.25) is 5.91 Å². The number of hydrogen-bond donors (Lipinski definition) is 1. The number of ether oxygens (including phenoxy) is 2. The molecule has 2 aliphatic rings. The topological polar surface area (TPSA) is 111 Å². The summed E-state index contributed by atoms with van der Waals surface area (Å²) in [5, 5.41) is 15.0. The molecule has 0 aromatic heterocycles. The van der Waals surface area contributed by atoms with Crippen LogP contribution in [0.3, 0.4) is 0 Å². The Morgan fingerprint density at radius 1 is 0.976 bits per heavy atom. The fourth-order valence-electron chi connectivity index (χ4n) is 5.98. The number of nitro groups is 1. The zero-order valence-corrected chi connectivity index (χ0v) is 24.1. The first-order chi connectivity index (χ1) is 20.4. The average Bonchev–Trinajstić information content (AvgIpc) is 3.15. The van der Waals surface area contributed by atoms with Gasteiger partial charge in [0, 0.05) is 36.2 Å². The lowest BCUT2D eigenvalue weighted by atomic mass is 9.78. The summed E-state index contributed by atoms with van der Waals surface area (Å²) < 4.78 is 11.1. The van der Waals surface area contributed by atoms with Crippen molar-refractivity contribution in [2.24, 2.45) is 0 Å². The average molecular weight is 570 g/mol. The number of fused-ring (bicyclic) bond motifs is 1. The van der Waals surface area contributed by atoms with E-state index in [4.69, 9.17) is 9.47 Å². The van der Waals surface area contributed by atoms with E-state index < -0.39 is 11.0 Å². The normalized spacial score (nSPS) is 18.0. The predicted molar refractivity (Wildman–Crippen MR) is 161 cm³/mol. The largest absolute Gasteiger partial charge is 0.493 e. The molecule has 3 aromatic carbocycles. The third kappa shape index (κ3) is 5.59. The van der Waals surface area contributed by atoms with Crippen molar-refractivity contribution < 1.29 is 24.0 Å². The van der Waals surface area contributed by atoms with Crippen molar-refractivity contribution in [3.05, 3.63) is 99.2 Å². The number of carbonyl (C=O) groups excluding carboxylic acids is 2. The molecule has 3 aromatic rings. The minimum Gasteiger partial charge on any atom is -0.493 e. The molecule has 0 saturated heterocycles. The van der Waals surface area contributed by atoms with E-state index in [0.717, 1.165) is 36.1 Å². The van der Waals surface area contributed by atoms with Crippen molar-refractivity contribution in [3.8, 4) is 11.5 Å². The molecule has 218 valence electrons. The first kappa shape index (κ1) is 28.9. The number of amides is 1. The summed E-state index contributed by atoms with van der Waals surface area (Å²) in [7, 11) is 3.12. The van der Waals surface area contributed by atoms with Gasteiger partial charge >= 0.3 is 0 Å². The number of anilines is 2. The Bertz CT molecular complexity index is 1550. The van der Waals surface area contributed by atoms with Gasteiger partial charge in [0.25, 0.3) is 5.69 Å². The third-order valence-corrected chi connectivity index (χ3v) is 8.03. The van der Waals surface area contributed by atoms with Gasteiger partial charge in [-0.05, 0) is 54.2 Å². The predicted octanol–water partition coefficient (Wildman–Crippen LogP) is 7.09. The van der Waals surface area contributed by atoms with Crippen LogP contribution in [0.4, 0.5) is 17.1 Å². The molecule has 0 fully saturated rings. The molecule has 1 heterocycles. The van der Waals surface area contributed by atoms with E-state index in [1.807, 2.05) is 42.5 Å². The van der Waals surface area contributed by atoms with E-state index >= 15 is 0 Å². The quantitative estimate of drug-likeness (QED) is 0.166. The van der Waals surface area contributed by atoms with E-state index in [0.29, 0.717) is 41.3 Å². The molecule has 2 atom stereocenters. The molecule has 0 radical (unpaired) electrons. The lowest BCUT2D eigenvalue weighted by Gasteiger charge is -2.35. The number of nitro benzene ring substituents is 1. The Kier molecular flexibility index (Phi) is 8.56. The van der Waals surface area contributed by atoms with Gasteiger partial charge in [-0.2, -0.15) is 0 Å². The van der Waals surface area contributed by atoms with Gasteiger partial charge in [-0.15, -0.1) is 0 Å². The van der Waals surface area contributed by atoms with Crippen LogP contribution in [0.25, 0.3) is 0 Å². The Balaban J connectivity index is 1.68. The number of ketones is 1. The van der Waals surface area contributed by atoms with Crippen molar-refractivity contribution in [1.29, 1.82) is 0 Å². The zero-order chi connectivity index (χ0) is 29.8. The lowest BCUT2D eigenvalue weighted by Crippen LogP contribution is -2.38. The molecular weight excluding hydrogens is 534 g/mol. The lowest BCUT2D eigenvalue weighted by molar-refractivity contribution is -0.384. The number of unbranched alkanes of at least 4 members (excludes halogenated alkanes) is 2. The Labute approximate surface area is 245 Å². The molecule has 0 spiro atoms. The van der Waals surface area contributed by atoms with E-state index in [2.05, 4.69) is 12.2 Å². The number of carbonyl (C=O) groups is 2. The number of nitrogens with zero attached hydrogens (tertiary/aromatic N) is 2. The summed E-state index contributed by atoms with van der Waals surface area (Å²) in [6.45, 7) is 2.09. The first-order valence-corrected chi connectivity index (χ1v) is 14.3. The molecule has 1 aliphatic heterocycles. The molecule has 0 bridgehead atoms. The van der Waals surface area contributed by atoms with Crippen LogP contribution in [0.15, 0.2) is 78.0 Å². The summed E-state index contributed by atoms with van der Waals surface area (Å²) in [6, 6.07) is 18.8. The first-order valence-electron chi connectivity index (χ1n) is 14.3. The van der Waals surface area contributed by atoms with Crippen LogP contribution in [-0.2, 0) is 9.59 Å². The van der Waals surface area contributed by atoms with E-state index in [9.17, 15) is 19.7 Å². The summed E-state index contributed by atoms with van der Waals surface area (Å²) in [6.07, 6.45) is 3.63. The number of rotatable bonds is 9. The molecule has 2 unspecified atom stereocenters. The van der Waals surface area contributed by atoms with Crippen molar-refractivity contribution in [1.82, 2.24) is 0 Å². The number of nitrogens with one attached hydrogen (secondary N) is 1. The molecule has 9 heteroatoms. The van der Waals surface area contributed by atoms with Crippen molar-refractivity contribution in [2.75, 3.05) is 24.4 Å². The minimum atomic E-state index is -0.705. The number of methoxy groups -OCH3 is 2. The zero-order valence-electron chi connectivity index (χ0n) is 24.1. The third-order valence-electron chi connectivity index (χ3n) is 8.03. The van der Waals surface area contributed by atoms with E-state index in [-0.39, 0.29) is 29.7 Å². The second-order valence-electron chi connectivity index (χ2n) is 10.7. The minimum absolute atomic E-state index is 0.00838. The van der Waals surface area contributed by atoms with Gasteiger partial charge in [0.1, 0.15) is 0 Å². The van der Waals surface area contributed by atoms with E-state index in [1.54, 1.807) is 37.3 Å². The Morgan fingerprint density at radius 3 is 2.50 bits per heavy atom. The molecule has 42 heavy (non-hydrogen) atoms. The van der Waals surface area contributed by atoms with Crippen LogP contribution in [0.5, 0.6) is 11.5 Å². The molecule has 1 amide bonds. The van der Waals surface area contributed by atoms with Gasteiger partial charge in [-0.1, -0.05) is 50.1 Å². The van der Waals surface area contributed by atoms with Gasteiger partial charge in [0.15, 0.2) is 17.3 Å². The molecular formula is C33H35N3O6. The van der Waals surface area contributed by atoms with Gasteiger partial charge in [0.05, 0.1) is 36.6 Å².